The molecule has 1 aliphatic rings. The van der Waals surface area contributed by atoms with Crippen molar-refractivity contribution in [2.75, 3.05) is 6.26 Å². The van der Waals surface area contributed by atoms with Crippen LogP contribution in [0.4, 0.5) is 0 Å². The van der Waals surface area contributed by atoms with Gasteiger partial charge in [0.1, 0.15) is 0 Å². The third-order valence-corrected chi connectivity index (χ3v) is 7.11. The number of sulfone groups is 1. The summed E-state index contributed by atoms with van der Waals surface area (Å²) in [5, 5.41) is 23.2. The Morgan fingerprint density at radius 3 is 2.24 bits per heavy atom. The predicted octanol–water partition coefficient (Wildman–Crippen LogP) is 4.30. The Balaban J connectivity index is 1.94. The van der Waals surface area contributed by atoms with E-state index in [0.717, 1.165) is 48.1 Å². The fraction of sp³-hybridized carbons (Fsp3) is 0.435. The van der Waals surface area contributed by atoms with Crippen LogP contribution < -0.4 is 0 Å². The first kappa shape index (κ1) is 21.5. The quantitative estimate of drug-likeness (QED) is 0.418. The lowest BCUT2D eigenvalue weighted by Gasteiger charge is -2.28. The van der Waals surface area contributed by atoms with Gasteiger partial charge < -0.3 is 10.3 Å². The Bertz CT molecular complexity index is 959. The number of hydrogen-bond acceptors (Lipinski definition) is 5. The standard InChI is InChI=1S/C23H29NO4S/c1-16-5-3-4-6-21(16)22(17-9-13-20(14-10-17)29(2,27)28)15-23(24-26)18-7-11-19(25)12-8-18/h3-6,9-10,13-14,18-19,22,25-26H,7-8,11-12,15H2,1-2H3/b24-23+. The van der Waals surface area contributed by atoms with Gasteiger partial charge in [-0.2, -0.15) is 0 Å². The molecule has 0 amide bonds. The Morgan fingerprint density at radius 1 is 1.07 bits per heavy atom. The van der Waals surface area contributed by atoms with Crippen molar-refractivity contribution in [2.45, 2.75) is 55.9 Å². The molecule has 2 aromatic rings. The van der Waals surface area contributed by atoms with Crippen LogP contribution in [0.25, 0.3) is 0 Å². The highest BCUT2D eigenvalue weighted by atomic mass is 32.2. The van der Waals surface area contributed by atoms with Gasteiger partial charge in [0, 0.05) is 24.5 Å². The van der Waals surface area contributed by atoms with E-state index in [1.165, 1.54) is 6.26 Å². The molecule has 0 saturated heterocycles. The number of nitrogens with zero attached hydrogens (tertiary/aromatic N) is 1. The molecule has 1 unspecified atom stereocenters. The zero-order chi connectivity index (χ0) is 21.0. The summed E-state index contributed by atoms with van der Waals surface area (Å²) in [6, 6.07) is 15.1. The normalized spacial score (nSPS) is 21.7. The van der Waals surface area contributed by atoms with E-state index in [1.54, 1.807) is 12.1 Å². The second-order valence-electron chi connectivity index (χ2n) is 8.05. The highest BCUT2D eigenvalue weighted by Crippen LogP contribution is 2.35. The molecule has 3 rings (SSSR count). The predicted molar refractivity (Wildman–Crippen MR) is 114 cm³/mol. The number of hydrogen-bond donors (Lipinski definition) is 2. The summed E-state index contributed by atoms with van der Waals surface area (Å²) in [7, 11) is -3.26. The fourth-order valence-corrected chi connectivity index (χ4v) is 4.87. The number of aliphatic hydroxyl groups excluding tert-OH is 1. The summed E-state index contributed by atoms with van der Waals surface area (Å²) in [5.74, 6) is 0.118. The molecule has 5 nitrogen and oxygen atoms in total. The van der Waals surface area contributed by atoms with E-state index < -0.39 is 9.84 Å². The van der Waals surface area contributed by atoms with Crippen LogP contribution in [0.2, 0.25) is 0 Å². The molecular weight excluding hydrogens is 386 g/mol. The van der Waals surface area contributed by atoms with E-state index >= 15 is 0 Å². The molecule has 1 atom stereocenters. The van der Waals surface area contributed by atoms with Gasteiger partial charge in [0.05, 0.1) is 16.7 Å². The van der Waals surface area contributed by atoms with Crippen LogP contribution in [0.15, 0.2) is 58.6 Å². The zero-order valence-corrected chi connectivity index (χ0v) is 17.8. The van der Waals surface area contributed by atoms with Crippen molar-refractivity contribution < 1.29 is 18.7 Å². The van der Waals surface area contributed by atoms with E-state index in [-0.39, 0.29) is 17.9 Å². The molecule has 0 radical (unpaired) electrons. The van der Waals surface area contributed by atoms with Crippen molar-refractivity contribution >= 4 is 15.5 Å². The van der Waals surface area contributed by atoms with Gasteiger partial charge in [-0.15, -0.1) is 0 Å². The summed E-state index contributed by atoms with van der Waals surface area (Å²) in [6.07, 6.45) is 4.57. The fourth-order valence-electron chi connectivity index (χ4n) is 4.24. The maximum absolute atomic E-state index is 11.8. The number of benzene rings is 2. The second kappa shape index (κ2) is 9.09. The summed E-state index contributed by atoms with van der Waals surface area (Å²) in [5.41, 5.74) is 4.01. The van der Waals surface area contributed by atoms with Crippen molar-refractivity contribution in [1.29, 1.82) is 0 Å². The Morgan fingerprint density at radius 2 is 1.69 bits per heavy atom. The first-order valence-electron chi connectivity index (χ1n) is 10.0. The summed E-state index contributed by atoms with van der Waals surface area (Å²) in [4.78, 5) is 0.294. The lowest BCUT2D eigenvalue weighted by Crippen LogP contribution is -2.26. The monoisotopic (exact) mass is 415 g/mol. The average molecular weight is 416 g/mol. The summed E-state index contributed by atoms with van der Waals surface area (Å²) >= 11 is 0. The van der Waals surface area contributed by atoms with Crippen molar-refractivity contribution in [3.63, 3.8) is 0 Å². The zero-order valence-electron chi connectivity index (χ0n) is 17.0. The Hall–Kier alpha value is -2.18. The van der Waals surface area contributed by atoms with Gasteiger partial charge in [0.25, 0.3) is 0 Å². The van der Waals surface area contributed by atoms with Crippen molar-refractivity contribution in [3.8, 4) is 0 Å². The molecular formula is C23H29NO4S. The van der Waals surface area contributed by atoms with E-state index in [1.807, 2.05) is 24.3 Å². The molecule has 6 heteroatoms. The number of aliphatic hydroxyl groups is 1. The molecule has 0 spiro atoms. The van der Waals surface area contributed by atoms with Gasteiger partial charge in [0.15, 0.2) is 9.84 Å². The van der Waals surface area contributed by atoms with E-state index in [2.05, 4.69) is 24.2 Å². The molecule has 0 heterocycles. The molecule has 29 heavy (non-hydrogen) atoms. The third kappa shape index (κ3) is 5.25. The number of oxime groups is 1. The number of rotatable bonds is 6. The van der Waals surface area contributed by atoms with E-state index in [9.17, 15) is 18.7 Å². The van der Waals surface area contributed by atoms with Crippen LogP contribution in [0.5, 0.6) is 0 Å². The van der Waals surface area contributed by atoms with Crippen molar-refractivity contribution in [3.05, 3.63) is 65.2 Å². The lowest BCUT2D eigenvalue weighted by atomic mass is 9.78. The first-order chi connectivity index (χ1) is 13.8. The molecule has 0 aliphatic heterocycles. The summed E-state index contributed by atoms with van der Waals surface area (Å²) in [6.45, 7) is 2.06. The van der Waals surface area contributed by atoms with Crippen LogP contribution in [0.3, 0.4) is 0 Å². The van der Waals surface area contributed by atoms with Crippen LogP contribution in [-0.2, 0) is 9.84 Å². The number of aryl methyl sites for hydroxylation is 1. The van der Waals surface area contributed by atoms with E-state index in [0.29, 0.717) is 11.3 Å². The smallest absolute Gasteiger partial charge is 0.175 e. The van der Waals surface area contributed by atoms with E-state index in [4.69, 9.17) is 0 Å². The molecule has 1 saturated carbocycles. The van der Waals surface area contributed by atoms with Gasteiger partial charge in [-0.3, -0.25) is 0 Å². The van der Waals surface area contributed by atoms with Gasteiger partial charge in [-0.1, -0.05) is 41.6 Å². The molecule has 1 fully saturated rings. The minimum absolute atomic E-state index is 0.0393. The molecule has 2 aromatic carbocycles. The van der Waals surface area contributed by atoms with Gasteiger partial charge in [-0.25, -0.2) is 8.42 Å². The minimum atomic E-state index is -3.26. The van der Waals surface area contributed by atoms with Crippen LogP contribution in [-0.4, -0.2) is 36.8 Å². The van der Waals surface area contributed by atoms with Crippen LogP contribution in [0.1, 0.15) is 54.7 Å². The lowest BCUT2D eigenvalue weighted by molar-refractivity contribution is 0.120. The molecule has 156 valence electrons. The van der Waals surface area contributed by atoms with Crippen molar-refractivity contribution in [1.82, 2.24) is 0 Å². The molecule has 1 aliphatic carbocycles. The Labute approximate surface area is 173 Å². The van der Waals surface area contributed by atoms with Crippen LogP contribution >= 0.6 is 0 Å². The van der Waals surface area contributed by atoms with Crippen molar-refractivity contribution in [2.24, 2.45) is 11.1 Å². The highest BCUT2D eigenvalue weighted by Gasteiger charge is 2.28. The average Bonchev–Trinajstić information content (AvgIpc) is 2.70. The summed E-state index contributed by atoms with van der Waals surface area (Å²) < 4.78 is 23.6. The topological polar surface area (TPSA) is 87.0 Å². The largest absolute Gasteiger partial charge is 0.411 e. The minimum Gasteiger partial charge on any atom is -0.411 e. The van der Waals surface area contributed by atoms with Gasteiger partial charge >= 0.3 is 0 Å². The first-order valence-corrected chi connectivity index (χ1v) is 11.9. The Kier molecular flexibility index (Phi) is 6.75. The maximum Gasteiger partial charge on any atom is 0.175 e. The highest BCUT2D eigenvalue weighted by molar-refractivity contribution is 7.90. The molecule has 0 aromatic heterocycles. The van der Waals surface area contributed by atoms with Crippen LogP contribution in [0, 0.1) is 12.8 Å². The third-order valence-electron chi connectivity index (χ3n) is 5.98. The maximum atomic E-state index is 11.8. The SMILES string of the molecule is Cc1ccccc1C(C/C(=N\O)C1CCC(O)CC1)c1ccc(S(C)(=O)=O)cc1. The molecule has 0 bridgehead atoms. The van der Waals surface area contributed by atoms with Gasteiger partial charge in [0.2, 0.25) is 0 Å². The second-order valence-corrected chi connectivity index (χ2v) is 10.1. The van der Waals surface area contributed by atoms with Gasteiger partial charge in [-0.05, 0) is 61.4 Å². The molecule has 2 N–H and O–H groups in total.